The van der Waals surface area contributed by atoms with Crippen molar-refractivity contribution in [1.82, 2.24) is 4.90 Å². The van der Waals surface area contributed by atoms with Gasteiger partial charge in [0.05, 0.1) is 5.56 Å². The van der Waals surface area contributed by atoms with Crippen LogP contribution < -0.4 is 5.63 Å². The molecule has 0 bridgehead atoms. The van der Waals surface area contributed by atoms with Crippen LogP contribution in [0, 0.1) is 0 Å². The Morgan fingerprint density at radius 1 is 1.27 bits per heavy atom. The molecule has 0 aliphatic rings. The Balaban J connectivity index is 2.57. The normalized spacial score (nSPS) is 11.1. The largest absolute Gasteiger partial charge is 0.422 e. The first-order valence-corrected chi connectivity index (χ1v) is 4.83. The lowest BCUT2D eigenvalue weighted by Gasteiger charge is -2.08. The van der Waals surface area contributed by atoms with Gasteiger partial charge in [0, 0.05) is 11.9 Å². The van der Waals surface area contributed by atoms with E-state index in [0.717, 1.165) is 5.39 Å². The van der Waals surface area contributed by atoms with Crippen molar-refractivity contribution in [3.63, 3.8) is 0 Å². The smallest absolute Gasteiger partial charge is 0.340 e. The van der Waals surface area contributed by atoms with Crippen LogP contribution in [0.5, 0.6) is 0 Å². The SMILES string of the molecule is CN(C)Cc1cc2ccccc2oc1=O. The van der Waals surface area contributed by atoms with Crippen LogP contribution in [-0.4, -0.2) is 19.0 Å². The van der Waals surface area contributed by atoms with Crippen LogP contribution in [0.1, 0.15) is 5.56 Å². The number of benzene rings is 1. The zero-order valence-electron chi connectivity index (χ0n) is 8.86. The van der Waals surface area contributed by atoms with Crippen LogP contribution in [0.25, 0.3) is 11.0 Å². The van der Waals surface area contributed by atoms with Crippen LogP contribution >= 0.6 is 0 Å². The summed E-state index contributed by atoms with van der Waals surface area (Å²) in [5, 5.41) is 0.967. The molecule has 1 aromatic heterocycles. The second kappa shape index (κ2) is 3.87. The molecular weight excluding hydrogens is 190 g/mol. The summed E-state index contributed by atoms with van der Waals surface area (Å²) in [6, 6.07) is 9.42. The van der Waals surface area contributed by atoms with E-state index >= 15 is 0 Å². The van der Waals surface area contributed by atoms with Gasteiger partial charge in [0.25, 0.3) is 0 Å². The van der Waals surface area contributed by atoms with Gasteiger partial charge in [-0.1, -0.05) is 18.2 Å². The fraction of sp³-hybridized carbons (Fsp3) is 0.250. The van der Waals surface area contributed by atoms with Gasteiger partial charge in [-0.05, 0) is 26.2 Å². The van der Waals surface area contributed by atoms with Gasteiger partial charge < -0.3 is 9.32 Å². The van der Waals surface area contributed by atoms with E-state index in [9.17, 15) is 4.79 Å². The lowest BCUT2D eigenvalue weighted by atomic mass is 10.2. The number of hydrogen-bond acceptors (Lipinski definition) is 3. The molecule has 0 spiro atoms. The van der Waals surface area contributed by atoms with E-state index in [-0.39, 0.29) is 5.63 Å². The van der Waals surface area contributed by atoms with Crippen LogP contribution in [0.2, 0.25) is 0 Å². The quantitative estimate of drug-likeness (QED) is 0.698. The van der Waals surface area contributed by atoms with Gasteiger partial charge in [-0.3, -0.25) is 0 Å². The summed E-state index contributed by atoms with van der Waals surface area (Å²) in [6.07, 6.45) is 0. The standard InChI is InChI=1S/C12H13NO2/c1-13(2)8-10-7-9-5-3-4-6-11(9)15-12(10)14/h3-7H,8H2,1-2H3. The molecule has 0 fully saturated rings. The number of hydrogen-bond donors (Lipinski definition) is 0. The lowest BCUT2D eigenvalue weighted by Crippen LogP contribution is -2.17. The Kier molecular flexibility index (Phi) is 2.56. The van der Waals surface area contributed by atoms with Crippen LogP contribution in [0.4, 0.5) is 0 Å². The summed E-state index contributed by atoms with van der Waals surface area (Å²) in [4.78, 5) is 13.5. The highest BCUT2D eigenvalue weighted by Gasteiger charge is 2.05. The number of rotatable bonds is 2. The molecule has 0 aliphatic heterocycles. The molecule has 0 saturated carbocycles. The molecule has 1 aromatic carbocycles. The molecule has 0 N–H and O–H groups in total. The predicted molar refractivity (Wildman–Crippen MR) is 59.9 cm³/mol. The highest BCUT2D eigenvalue weighted by atomic mass is 16.4. The van der Waals surface area contributed by atoms with Crippen molar-refractivity contribution in [3.05, 3.63) is 46.3 Å². The molecule has 3 nitrogen and oxygen atoms in total. The van der Waals surface area contributed by atoms with Crippen molar-refractivity contribution in [3.8, 4) is 0 Å². The maximum Gasteiger partial charge on any atom is 0.340 e. The van der Waals surface area contributed by atoms with E-state index in [1.54, 1.807) is 6.07 Å². The lowest BCUT2D eigenvalue weighted by molar-refractivity contribution is 0.392. The van der Waals surface area contributed by atoms with E-state index < -0.39 is 0 Å². The zero-order valence-corrected chi connectivity index (χ0v) is 8.86. The van der Waals surface area contributed by atoms with Crippen molar-refractivity contribution < 1.29 is 4.42 Å². The van der Waals surface area contributed by atoms with Gasteiger partial charge in [-0.25, -0.2) is 4.79 Å². The summed E-state index contributed by atoms with van der Waals surface area (Å²) < 4.78 is 5.21. The monoisotopic (exact) mass is 203 g/mol. The van der Waals surface area contributed by atoms with Crippen LogP contribution in [-0.2, 0) is 6.54 Å². The molecular formula is C12H13NO2. The van der Waals surface area contributed by atoms with E-state index in [1.165, 1.54) is 0 Å². The second-order valence-corrected chi connectivity index (χ2v) is 3.83. The maximum absolute atomic E-state index is 11.6. The molecule has 0 aliphatic carbocycles. The predicted octanol–water partition coefficient (Wildman–Crippen LogP) is 1.85. The summed E-state index contributed by atoms with van der Waals surface area (Å²) in [5.74, 6) is 0. The first kappa shape index (κ1) is 9.93. The Morgan fingerprint density at radius 2 is 2.00 bits per heavy atom. The summed E-state index contributed by atoms with van der Waals surface area (Å²) >= 11 is 0. The average Bonchev–Trinajstić information content (AvgIpc) is 2.18. The number of nitrogens with zero attached hydrogens (tertiary/aromatic N) is 1. The van der Waals surface area contributed by atoms with Crippen LogP contribution in [0.3, 0.4) is 0 Å². The molecule has 15 heavy (non-hydrogen) atoms. The fourth-order valence-corrected chi connectivity index (χ4v) is 1.56. The van der Waals surface area contributed by atoms with Crippen molar-refractivity contribution in [2.75, 3.05) is 14.1 Å². The fourth-order valence-electron chi connectivity index (χ4n) is 1.56. The van der Waals surface area contributed by atoms with Gasteiger partial charge >= 0.3 is 5.63 Å². The molecule has 0 saturated heterocycles. The Bertz CT molecular complexity index is 528. The Labute approximate surface area is 87.9 Å². The van der Waals surface area contributed by atoms with Gasteiger partial charge in [0.15, 0.2) is 0 Å². The number of fused-ring (bicyclic) bond motifs is 1. The molecule has 2 aromatic rings. The van der Waals surface area contributed by atoms with Crippen molar-refractivity contribution in [2.24, 2.45) is 0 Å². The molecule has 78 valence electrons. The highest BCUT2D eigenvalue weighted by molar-refractivity contribution is 5.76. The first-order valence-electron chi connectivity index (χ1n) is 4.83. The van der Waals surface area contributed by atoms with E-state index in [1.807, 2.05) is 43.3 Å². The van der Waals surface area contributed by atoms with Gasteiger partial charge in [0.2, 0.25) is 0 Å². The Morgan fingerprint density at radius 3 is 2.73 bits per heavy atom. The molecule has 2 rings (SSSR count). The minimum atomic E-state index is -0.248. The van der Waals surface area contributed by atoms with Crippen molar-refractivity contribution >= 4 is 11.0 Å². The second-order valence-electron chi connectivity index (χ2n) is 3.83. The zero-order chi connectivity index (χ0) is 10.8. The van der Waals surface area contributed by atoms with Crippen molar-refractivity contribution in [2.45, 2.75) is 6.54 Å². The third-order valence-electron chi connectivity index (χ3n) is 2.20. The van der Waals surface area contributed by atoms with Crippen LogP contribution in [0.15, 0.2) is 39.5 Å². The molecule has 1 heterocycles. The summed E-state index contributed by atoms with van der Waals surface area (Å²) in [5.41, 5.74) is 1.09. The van der Waals surface area contributed by atoms with E-state index in [0.29, 0.717) is 17.7 Å². The molecule has 3 heteroatoms. The maximum atomic E-state index is 11.6. The first-order chi connectivity index (χ1) is 7.16. The molecule has 0 atom stereocenters. The third-order valence-corrected chi connectivity index (χ3v) is 2.20. The van der Waals surface area contributed by atoms with E-state index in [4.69, 9.17) is 4.42 Å². The third kappa shape index (κ3) is 2.07. The average molecular weight is 203 g/mol. The summed E-state index contributed by atoms with van der Waals surface area (Å²) in [7, 11) is 3.85. The van der Waals surface area contributed by atoms with Gasteiger partial charge in [-0.2, -0.15) is 0 Å². The van der Waals surface area contributed by atoms with Crippen molar-refractivity contribution in [1.29, 1.82) is 0 Å². The van der Waals surface area contributed by atoms with Gasteiger partial charge in [0.1, 0.15) is 5.58 Å². The Hall–Kier alpha value is -1.61. The molecule has 0 radical (unpaired) electrons. The van der Waals surface area contributed by atoms with Gasteiger partial charge in [-0.15, -0.1) is 0 Å². The molecule has 0 amide bonds. The minimum Gasteiger partial charge on any atom is -0.422 e. The molecule has 0 unspecified atom stereocenters. The van der Waals surface area contributed by atoms with E-state index in [2.05, 4.69) is 0 Å². The minimum absolute atomic E-state index is 0.248. The topological polar surface area (TPSA) is 33.5 Å². The summed E-state index contributed by atoms with van der Waals surface area (Å²) in [6.45, 7) is 0.604. The highest BCUT2D eigenvalue weighted by Crippen LogP contribution is 2.12. The number of para-hydroxylation sites is 1.